The molecule has 0 saturated carbocycles. The summed E-state index contributed by atoms with van der Waals surface area (Å²) in [5.74, 6) is 1.20. The van der Waals surface area contributed by atoms with Crippen molar-refractivity contribution < 1.29 is 9.53 Å². The second-order valence-electron chi connectivity index (χ2n) is 6.81. The van der Waals surface area contributed by atoms with Crippen LogP contribution in [-0.2, 0) is 6.42 Å². The number of aryl methyl sites for hydroxylation is 1. The van der Waals surface area contributed by atoms with Crippen LogP contribution in [0, 0.1) is 5.92 Å². The molecule has 126 valence electrons. The van der Waals surface area contributed by atoms with Gasteiger partial charge in [0.1, 0.15) is 11.4 Å². The number of carbonyl (C=O) groups is 1. The minimum absolute atomic E-state index is 0.0798. The number of pyridine rings is 1. The van der Waals surface area contributed by atoms with Crippen LogP contribution in [0.1, 0.15) is 48.7 Å². The lowest BCUT2D eigenvalue weighted by Gasteiger charge is -2.29. The first-order valence-corrected chi connectivity index (χ1v) is 8.84. The van der Waals surface area contributed by atoms with Crippen LogP contribution in [0.4, 0.5) is 0 Å². The van der Waals surface area contributed by atoms with Crippen LogP contribution in [0.2, 0.25) is 0 Å². The number of ether oxygens (including phenoxy) is 1. The Bertz CT molecular complexity index is 541. The Morgan fingerprint density at radius 3 is 3.00 bits per heavy atom. The lowest BCUT2D eigenvalue weighted by Crippen LogP contribution is -2.38. The minimum Gasteiger partial charge on any atom is -0.492 e. The van der Waals surface area contributed by atoms with Crippen molar-refractivity contribution in [1.29, 1.82) is 0 Å². The molecule has 0 aliphatic carbocycles. The van der Waals surface area contributed by atoms with E-state index in [1.165, 1.54) is 32.4 Å². The summed E-state index contributed by atoms with van der Waals surface area (Å²) in [6.07, 6.45) is 7.62. The average Bonchev–Trinajstić information content (AvgIpc) is 2.60. The zero-order valence-electron chi connectivity index (χ0n) is 14.0. The Kier molecular flexibility index (Phi) is 5.49. The van der Waals surface area contributed by atoms with Crippen molar-refractivity contribution in [2.45, 2.75) is 39.0 Å². The van der Waals surface area contributed by atoms with E-state index in [2.05, 4.69) is 22.1 Å². The van der Waals surface area contributed by atoms with Gasteiger partial charge in [-0.2, -0.15) is 0 Å². The highest BCUT2D eigenvalue weighted by Gasteiger charge is 2.17. The normalized spacial score (nSPS) is 19.5. The highest BCUT2D eigenvalue weighted by molar-refractivity contribution is 5.92. The van der Waals surface area contributed by atoms with Crippen molar-refractivity contribution >= 4 is 5.91 Å². The molecule has 0 radical (unpaired) electrons. The third-order valence-electron chi connectivity index (χ3n) is 4.66. The van der Waals surface area contributed by atoms with Gasteiger partial charge in [0, 0.05) is 13.1 Å². The number of hydrogen-bond donors (Lipinski definition) is 1. The highest BCUT2D eigenvalue weighted by Crippen LogP contribution is 2.23. The van der Waals surface area contributed by atoms with Gasteiger partial charge >= 0.3 is 0 Å². The van der Waals surface area contributed by atoms with Crippen molar-refractivity contribution in [1.82, 2.24) is 15.2 Å². The van der Waals surface area contributed by atoms with Crippen molar-refractivity contribution in [2.24, 2.45) is 5.92 Å². The molecular weight excluding hydrogens is 290 g/mol. The average molecular weight is 317 g/mol. The van der Waals surface area contributed by atoms with Gasteiger partial charge in [0.05, 0.1) is 12.8 Å². The first-order chi connectivity index (χ1) is 11.2. The predicted molar refractivity (Wildman–Crippen MR) is 89.8 cm³/mol. The monoisotopic (exact) mass is 317 g/mol. The number of nitrogens with one attached hydrogen (secondary N) is 1. The molecule has 1 unspecified atom stereocenters. The zero-order chi connectivity index (χ0) is 16.1. The lowest BCUT2D eigenvalue weighted by atomic mass is 10.1. The van der Waals surface area contributed by atoms with E-state index in [1.807, 2.05) is 6.07 Å². The number of likely N-dealkylation sites (tertiary alicyclic amines) is 1. The Morgan fingerprint density at radius 1 is 1.35 bits per heavy atom. The molecule has 0 aromatic carbocycles. The number of nitrogens with zero attached hydrogens (tertiary/aromatic N) is 2. The van der Waals surface area contributed by atoms with Crippen molar-refractivity contribution in [2.75, 3.05) is 32.8 Å². The van der Waals surface area contributed by atoms with E-state index in [9.17, 15) is 4.79 Å². The van der Waals surface area contributed by atoms with E-state index in [1.54, 1.807) is 6.20 Å². The number of aromatic nitrogens is 1. The molecule has 23 heavy (non-hydrogen) atoms. The van der Waals surface area contributed by atoms with Gasteiger partial charge in [-0.25, -0.2) is 4.98 Å². The third kappa shape index (κ3) is 4.44. The molecule has 2 aliphatic rings. The molecule has 3 heterocycles. The first kappa shape index (κ1) is 16.2. The Labute approximate surface area is 138 Å². The molecule has 1 saturated heterocycles. The number of fused-ring (bicyclic) bond motifs is 1. The standard InChI is InChI=1S/C18H27N3O2/c1-14(13-21-7-3-2-4-8-21)11-20-18(22)16-10-15-6-5-9-23-17(15)12-19-16/h10,12,14H,2-9,11,13H2,1H3,(H,20,22). The SMILES string of the molecule is CC(CNC(=O)c1cc2c(cn1)OCCC2)CN1CCCCC1. The Hall–Kier alpha value is -1.62. The molecule has 1 atom stereocenters. The van der Waals surface area contributed by atoms with Crippen molar-refractivity contribution in [3.63, 3.8) is 0 Å². The summed E-state index contributed by atoms with van der Waals surface area (Å²) in [6, 6.07) is 1.87. The van der Waals surface area contributed by atoms with Gasteiger partial charge in [-0.15, -0.1) is 0 Å². The maximum atomic E-state index is 12.3. The minimum atomic E-state index is -0.0798. The summed E-state index contributed by atoms with van der Waals surface area (Å²) in [5, 5.41) is 3.03. The molecule has 1 aromatic rings. The van der Waals surface area contributed by atoms with Crippen LogP contribution in [0.25, 0.3) is 0 Å². The van der Waals surface area contributed by atoms with Gasteiger partial charge in [-0.05, 0) is 56.3 Å². The summed E-state index contributed by atoms with van der Waals surface area (Å²) in [4.78, 5) is 19.0. The number of rotatable bonds is 5. The van der Waals surface area contributed by atoms with Gasteiger partial charge in [-0.3, -0.25) is 4.79 Å². The van der Waals surface area contributed by atoms with E-state index < -0.39 is 0 Å². The molecular formula is C18H27N3O2. The zero-order valence-corrected chi connectivity index (χ0v) is 14.0. The fraction of sp³-hybridized carbons (Fsp3) is 0.667. The third-order valence-corrected chi connectivity index (χ3v) is 4.66. The summed E-state index contributed by atoms with van der Waals surface area (Å²) >= 11 is 0. The molecule has 1 N–H and O–H groups in total. The van der Waals surface area contributed by atoms with Crippen molar-refractivity contribution in [3.8, 4) is 5.75 Å². The molecule has 1 fully saturated rings. The topological polar surface area (TPSA) is 54.5 Å². The molecule has 0 bridgehead atoms. The van der Waals surface area contributed by atoms with Gasteiger partial charge in [-0.1, -0.05) is 13.3 Å². The van der Waals surface area contributed by atoms with Gasteiger partial charge in [0.25, 0.3) is 5.91 Å². The molecule has 1 aromatic heterocycles. The second kappa shape index (κ2) is 7.77. The second-order valence-corrected chi connectivity index (χ2v) is 6.81. The van der Waals surface area contributed by atoms with E-state index >= 15 is 0 Å². The van der Waals surface area contributed by atoms with Crippen LogP contribution >= 0.6 is 0 Å². The molecule has 5 heteroatoms. The van der Waals surface area contributed by atoms with E-state index in [-0.39, 0.29) is 5.91 Å². The van der Waals surface area contributed by atoms with E-state index in [4.69, 9.17) is 4.74 Å². The largest absolute Gasteiger partial charge is 0.492 e. The van der Waals surface area contributed by atoms with Crippen molar-refractivity contribution in [3.05, 3.63) is 23.5 Å². The predicted octanol–water partition coefficient (Wildman–Crippen LogP) is 2.26. The highest BCUT2D eigenvalue weighted by atomic mass is 16.5. The summed E-state index contributed by atoms with van der Waals surface area (Å²) in [6.45, 7) is 7.10. The van der Waals surface area contributed by atoms with E-state index in [0.29, 0.717) is 18.2 Å². The van der Waals surface area contributed by atoms with Gasteiger partial charge in [0.15, 0.2) is 0 Å². The van der Waals surface area contributed by atoms with Crippen LogP contribution in [0.5, 0.6) is 5.75 Å². The van der Waals surface area contributed by atoms with Crippen LogP contribution in [-0.4, -0.2) is 48.6 Å². The van der Waals surface area contributed by atoms with E-state index in [0.717, 1.165) is 37.3 Å². The quantitative estimate of drug-likeness (QED) is 0.905. The summed E-state index contributed by atoms with van der Waals surface area (Å²) in [5.41, 5.74) is 1.59. The molecule has 0 spiro atoms. The fourth-order valence-corrected chi connectivity index (χ4v) is 3.38. The van der Waals surface area contributed by atoms with Crippen LogP contribution < -0.4 is 10.1 Å². The molecule has 1 amide bonds. The fourth-order valence-electron chi connectivity index (χ4n) is 3.38. The smallest absolute Gasteiger partial charge is 0.269 e. The molecule has 3 rings (SSSR count). The van der Waals surface area contributed by atoms with Crippen LogP contribution in [0.15, 0.2) is 12.3 Å². The lowest BCUT2D eigenvalue weighted by molar-refractivity contribution is 0.0937. The molecule has 5 nitrogen and oxygen atoms in total. The maximum Gasteiger partial charge on any atom is 0.269 e. The number of amides is 1. The number of piperidine rings is 1. The Balaban J connectivity index is 1.48. The Morgan fingerprint density at radius 2 is 2.17 bits per heavy atom. The van der Waals surface area contributed by atoms with Crippen LogP contribution in [0.3, 0.4) is 0 Å². The maximum absolute atomic E-state index is 12.3. The molecule has 2 aliphatic heterocycles. The first-order valence-electron chi connectivity index (χ1n) is 8.84. The number of hydrogen-bond acceptors (Lipinski definition) is 4. The summed E-state index contributed by atoms with van der Waals surface area (Å²) < 4.78 is 5.54. The van der Waals surface area contributed by atoms with Gasteiger partial charge < -0.3 is 15.0 Å². The van der Waals surface area contributed by atoms with Gasteiger partial charge in [0.2, 0.25) is 0 Å². The number of carbonyl (C=O) groups excluding carboxylic acids is 1. The summed E-state index contributed by atoms with van der Waals surface area (Å²) in [7, 11) is 0.